The van der Waals surface area contributed by atoms with E-state index in [-0.39, 0.29) is 0 Å². The van der Waals surface area contributed by atoms with Crippen molar-refractivity contribution in [1.29, 1.82) is 0 Å². The van der Waals surface area contributed by atoms with Gasteiger partial charge in [0.2, 0.25) is 5.95 Å². The van der Waals surface area contributed by atoms with Gasteiger partial charge in [-0.2, -0.15) is 4.98 Å². The third kappa shape index (κ3) is 4.97. The number of likely N-dealkylation sites (tertiary alicyclic amines) is 1. The van der Waals surface area contributed by atoms with Crippen molar-refractivity contribution < 1.29 is 0 Å². The molecule has 160 valence electrons. The zero-order chi connectivity index (χ0) is 21.2. The lowest BCUT2D eigenvalue weighted by Gasteiger charge is -2.32. The first kappa shape index (κ1) is 20.2. The minimum Gasteiger partial charge on any atom is -0.383 e. The number of halogens is 1. The van der Waals surface area contributed by atoms with Gasteiger partial charge in [-0.3, -0.25) is 4.90 Å². The molecule has 2 aliphatic rings. The largest absolute Gasteiger partial charge is 0.383 e. The standard InChI is InChI=1S/C24H27ClN6/c25-22-13-20(7-10-27-22)29-24-28-14-21(23(26)30-24)19-8-11-31(12-9-19)15-16-1-3-17(4-2-16)18-5-6-18/h1-4,7,10,13-14,18-19H,5-6,8-9,11-12,15H2,(H3,26,27,28,29,30). The van der Waals surface area contributed by atoms with Crippen LogP contribution in [0.1, 0.15) is 54.2 Å². The van der Waals surface area contributed by atoms with Gasteiger partial charge in [0.1, 0.15) is 11.0 Å². The van der Waals surface area contributed by atoms with Gasteiger partial charge in [-0.25, -0.2) is 9.97 Å². The van der Waals surface area contributed by atoms with Crippen LogP contribution in [0.15, 0.2) is 48.8 Å². The molecule has 0 radical (unpaired) electrons. The number of nitrogens with zero attached hydrogens (tertiary/aromatic N) is 4. The number of rotatable bonds is 6. The van der Waals surface area contributed by atoms with Crippen LogP contribution in [0.2, 0.25) is 5.15 Å². The lowest BCUT2D eigenvalue weighted by atomic mass is 9.90. The minimum atomic E-state index is 0.401. The summed E-state index contributed by atoms with van der Waals surface area (Å²) in [5, 5.41) is 3.55. The molecule has 3 heterocycles. The lowest BCUT2D eigenvalue weighted by Crippen LogP contribution is -2.32. The van der Waals surface area contributed by atoms with Crippen molar-refractivity contribution in [2.24, 2.45) is 0 Å². The van der Waals surface area contributed by atoms with Gasteiger partial charge in [-0.1, -0.05) is 35.9 Å². The summed E-state index contributed by atoms with van der Waals surface area (Å²) >= 11 is 5.93. The molecule has 3 N–H and O–H groups in total. The van der Waals surface area contributed by atoms with E-state index in [1.165, 1.54) is 24.0 Å². The van der Waals surface area contributed by atoms with Crippen molar-refractivity contribution in [3.05, 3.63) is 70.6 Å². The van der Waals surface area contributed by atoms with Crippen LogP contribution in [0.25, 0.3) is 0 Å². The number of hydrogen-bond acceptors (Lipinski definition) is 6. The molecular weight excluding hydrogens is 408 g/mol. The van der Waals surface area contributed by atoms with E-state index in [0.717, 1.165) is 49.6 Å². The summed E-state index contributed by atoms with van der Waals surface area (Å²) in [7, 11) is 0. The summed E-state index contributed by atoms with van der Waals surface area (Å²) in [6, 6.07) is 12.8. The number of aromatic nitrogens is 3. The first-order valence-corrected chi connectivity index (χ1v) is 11.3. The van der Waals surface area contributed by atoms with Crippen molar-refractivity contribution in [3.8, 4) is 0 Å². The zero-order valence-electron chi connectivity index (χ0n) is 17.5. The predicted molar refractivity (Wildman–Crippen MR) is 125 cm³/mol. The molecule has 1 saturated carbocycles. The maximum Gasteiger partial charge on any atom is 0.229 e. The van der Waals surface area contributed by atoms with Crippen LogP contribution < -0.4 is 11.1 Å². The average molecular weight is 435 g/mol. The number of nitrogens with one attached hydrogen (secondary N) is 1. The van der Waals surface area contributed by atoms with E-state index in [9.17, 15) is 0 Å². The van der Waals surface area contributed by atoms with Crippen LogP contribution in [0.3, 0.4) is 0 Å². The molecule has 1 aromatic carbocycles. The molecule has 1 aliphatic heterocycles. The van der Waals surface area contributed by atoms with Crippen LogP contribution in [-0.4, -0.2) is 32.9 Å². The monoisotopic (exact) mass is 434 g/mol. The number of benzene rings is 1. The summed E-state index contributed by atoms with van der Waals surface area (Å²) < 4.78 is 0. The molecule has 3 aromatic rings. The van der Waals surface area contributed by atoms with Gasteiger partial charge in [0.15, 0.2) is 0 Å². The van der Waals surface area contributed by atoms with Gasteiger partial charge in [-0.15, -0.1) is 0 Å². The molecule has 1 saturated heterocycles. The van der Waals surface area contributed by atoms with Crippen molar-refractivity contribution >= 4 is 29.1 Å². The van der Waals surface area contributed by atoms with Crippen LogP contribution in [-0.2, 0) is 6.54 Å². The molecule has 0 atom stereocenters. The van der Waals surface area contributed by atoms with E-state index < -0.39 is 0 Å². The molecule has 0 unspecified atom stereocenters. The highest BCUT2D eigenvalue weighted by Crippen LogP contribution is 2.40. The predicted octanol–water partition coefficient (Wildman–Crippen LogP) is 5.11. The molecule has 5 rings (SSSR count). The molecule has 6 nitrogen and oxygen atoms in total. The maximum absolute atomic E-state index is 6.29. The van der Waals surface area contributed by atoms with E-state index in [2.05, 4.69) is 49.4 Å². The Labute approximate surface area is 187 Å². The van der Waals surface area contributed by atoms with Crippen LogP contribution in [0, 0.1) is 0 Å². The molecular formula is C24H27ClN6. The molecule has 1 aliphatic carbocycles. The number of piperidine rings is 1. The van der Waals surface area contributed by atoms with E-state index in [1.54, 1.807) is 12.3 Å². The lowest BCUT2D eigenvalue weighted by molar-refractivity contribution is 0.204. The van der Waals surface area contributed by atoms with Gasteiger partial charge in [0, 0.05) is 30.2 Å². The van der Waals surface area contributed by atoms with Crippen LogP contribution in [0.4, 0.5) is 17.5 Å². The minimum absolute atomic E-state index is 0.401. The number of anilines is 3. The second kappa shape index (κ2) is 8.81. The molecule has 2 fully saturated rings. The summed E-state index contributed by atoms with van der Waals surface area (Å²) in [5.41, 5.74) is 11.0. The molecule has 31 heavy (non-hydrogen) atoms. The van der Waals surface area contributed by atoms with Crippen LogP contribution >= 0.6 is 11.6 Å². The second-order valence-electron chi connectivity index (χ2n) is 8.59. The Morgan fingerprint density at radius 1 is 1.00 bits per heavy atom. The second-order valence-corrected chi connectivity index (χ2v) is 8.98. The number of nitrogen functional groups attached to an aromatic ring is 1. The quantitative estimate of drug-likeness (QED) is 0.525. The fourth-order valence-corrected chi connectivity index (χ4v) is 4.53. The smallest absolute Gasteiger partial charge is 0.229 e. The normalized spacial score (nSPS) is 17.6. The topological polar surface area (TPSA) is 80.0 Å². The Balaban J connectivity index is 1.17. The van der Waals surface area contributed by atoms with Gasteiger partial charge in [0.25, 0.3) is 0 Å². The Morgan fingerprint density at radius 3 is 2.45 bits per heavy atom. The Hall–Kier alpha value is -2.70. The fourth-order valence-electron chi connectivity index (χ4n) is 4.36. The Morgan fingerprint density at radius 2 is 1.77 bits per heavy atom. The third-order valence-electron chi connectivity index (χ3n) is 6.29. The fraction of sp³-hybridized carbons (Fsp3) is 0.375. The SMILES string of the molecule is Nc1nc(Nc2ccnc(Cl)c2)ncc1C1CCN(Cc2ccc(C3CC3)cc2)CC1. The third-order valence-corrected chi connectivity index (χ3v) is 6.50. The summed E-state index contributed by atoms with van der Waals surface area (Å²) in [6.07, 6.45) is 8.35. The van der Waals surface area contributed by atoms with E-state index >= 15 is 0 Å². The number of hydrogen-bond donors (Lipinski definition) is 2. The highest BCUT2D eigenvalue weighted by atomic mass is 35.5. The van der Waals surface area contributed by atoms with E-state index in [0.29, 0.717) is 22.8 Å². The molecule has 0 amide bonds. The zero-order valence-corrected chi connectivity index (χ0v) is 18.2. The van der Waals surface area contributed by atoms with E-state index in [4.69, 9.17) is 17.3 Å². The average Bonchev–Trinajstić information content (AvgIpc) is 3.61. The van der Waals surface area contributed by atoms with Gasteiger partial charge in [0.05, 0.1) is 0 Å². The number of pyridine rings is 1. The van der Waals surface area contributed by atoms with Crippen molar-refractivity contribution in [1.82, 2.24) is 19.9 Å². The first-order chi connectivity index (χ1) is 15.1. The maximum atomic E-state index is 6.29. The van der Waals surface area contributed by atoms with Crippen LogP contribution in [0.5, 0.6) is 0 Å². The Bertz CT molecular complexity index is 1040. The summed E-state index contributed by atoms with van der Waals surface area (Å²) in [5.74, 6) is 2.24. The molecule has 0 spiro atoms. The molecule has 0 bridgehead atoms. The number of nitrogens with two attached hydrogens (primary N) is 1. The van der Waals surface area contributed by atoms with Gasteiger partial charge in [-0.05, 0) is 73.9 Å². The van der Waals surface area contributed by atoms with Crippen molar-refractivity contribution in [2.75, 3.05) is 24.1 Å². The molecule has 2 aromatic heterocycles. The molecule has 7 heteroatoms. The first-order valence-electron chi connectivity index (χ1n) is 11.0. The summed E-state index contributed by atoms with van der Waals surface area (Å²) in [4.78, 5) is 15.4. The van der Waals surface area contributed by atoms with Crippen molar-refractivity contribution in [3.63, 3.8) is 0 Å². The summed E-state index contributed by atoms with van der Waals surface area (Å²) in [6.45, 7) is 3.13. The highest BCUT2D eigenvalue weighted by Gasteiger charge is 2.25. The van der Waals surface area contributed by atoms with Gasteiger partial charge >= 0.3 is 0 Å². The van der Waals surface area contributed by atoms with Gasteiger partial charge < -0.3 is 11.1 Å². The van der Waals surface area contributed by atoms with Crippen molar-refractivity contribution in [2.45, 2.75) is 44.1 Å². The Kier molecular flexibility index (Phi) is 5.74. The van der Waals surface area contributed by atoms with E-state index in [1.807, 2.05) is 12.3 Å². The highest BCUT2D eigenvalue weighted by molar-refractivity contribution is 6.29.